The maximum atomic E-state index is 9.41. The lowest BCUT2D eigenvalue weighted by Crippen LogP contribution is -2.65. The molecule has 5 fully saturated rings. The summed E-state index contributed by atoms with van der Waals surface area (Å²) >= 11 is 0. The van der Waals surface area contributed by atoms with Crippen molar-refractivity contribution in [1.82, 2.24) is 29.4 Å². The van der Waals surface area contributed by atoms with Crippen molar-refractivity contribution in [1.29, 1.82) is 0 Å². The molecule has 10 heteroatoms. The molecule has 0 aromatic carbocycles. The number of rotatable bonds is 1. The number of hydrogen-bond acceptors (Lipinski definition) is 10. The first-order chi connectivity index (χ1) is 23.4. The van der Waals surface area contributed by atoms with Crippen molar-refractivity contribution in [3.63, 3.8) is 0 Å². The molecule has 10 nitrogen and oxygen atoms in total. The molecule has 0 saturated carbocycles. The second-order valence-electron chi connectivity index (χ2n) is 21.4. The number of β-amino-alcohol motifs (C(OH)–C–C–N with tert-alkyl or cyclic N) is 2. The Bertz CT molecular complexity index is 930. The Kier molecular flexibility index (Phi) is 25.7. The van der Waals surface area contributed by atoms with E-state index in [1.807, 2.05) is 6.92 Å². The van der Waals surface area contributed by atoms with Crippen LogP contribution in [0.1, 0.15) is 159 Å². The van der Waals surface area contributed by atoms with E-state index in [1.54, 1.807) is 0 Å². The Morgan fingerprint density at radius 3 is 1.15 bits per heavy atom. The van der Waals surface area contributed by atoms with Crippen molar-refractivity contribution in [3.8, 4) is 0 Å². The minimum Gasteiger partial charge on any atom is -0.395 e. The molecule has 0 aromatic heterocycles. The van der Waals surface area contributed by atoms with Crippen LogP contribution < -0.4 is 0 Å². The average molecular weight is 791 g/mol. The zero-order chi connectivity index (χ0) is 40.5. The van der Waals surface area contributed by atoms with E-state index in [1.165, 1.54) is 32.6 Å². The maximum absolute atomic E-state index is 9.41. The van der Waals surface area contributed by atoms with Crippen molar-refractivity contribution in [3.05, 3.63) is 0 Å². The van der Waals surface area contributed by atoms with Gasteiger partial charge in [0, 0.05) is 99.2 Å². The molecule has 0 bridgehead atoms. The smallest absolute Gasteiger partial charge is 0.0872 e. The molecule has 4 N–H and O–H groups in total. The van der Waals surface area contributed by atoms with Crippen LogP contribution in [0.3, 0.4) is 0 Å². The number of aliphatic hydroxyl groups excluding tert-OH is 3. The monoisotopic (exact) mass is 791 g/mol. The van der Waals surface area contributed by atoms with Gasteiger partial charge >= 0.3 is 0 Å². The first-order valence-electron chi connectivity index (χ1n) is 20.5. The molecule has 0 aliphatic carbocycles. The number of aliphatic hydroxyl groups is 4. The van der Waals surface area contributed by atoms with Gasteiger partial charge in [0.1, 0.15) is 0 Å². The Balaban J connectivity index is -0.000000607. The molecule has 336 valence electrons. The number of piperidine rings is 1. The fraction of sp³-hybridized carbons (Fsp3) is 1.00. The topological polar surface area (TPSA) is 100 Å². The highest BCUT2D eigenvalue weighted by atomic mass is 16.3. The Morgan fingerprint density at radius 2 is 0.891 bits per heavy atom. The summed E-state index contributed by atoms with van der Waals surface area (Å²) in [5.41, 5.74) is 0.917. The molecular weight excluding hydrogens is 689 g/mol. The van der Waals surface area contributed by atoms with Gasteiger partial charge in [-0.25, -0.2) is 0 Å². The van der Waals surface area contributed by atoms with E-state index in [2.05, 4.69) is 140 Å². The van der Waals surface area contributed by atoms with E-state index in [0.29, 0.717) is 18.2 Å². The number of likely N-dealkylation sites (N-methyl/N-ethyl adjacent to an activating group) is 1. The van der Waals surface area contributed by atoms with E-state index < -0.39 is 5.60 Å². The molecule has 5 aliphatic heterocycles. The number of nitrogens with zero attached hydrogens (tertiary/aromatic N) is 6. The lowest BCUT2D eigenvalue weighted by atomic mass is 9.90. The van der Waals surface area contributed by atoms with Crippen LogP contribution in [0.15, 0.2) is 0 Å². The Morgan fingerprint density at radius 1 is 0.509 bits per heavy atom. The maximum Gasteiger partial charge on any atom is 0.0872 e. The van der Waals surface area contributed by atoms with Crippen LogP contribution in [-0.2, 0) is 0 Å². The second kappa shape index (κ2) is 24.0. The molecule has 1 atom stereocenters. The van der Waals surface area contributed by atoms with Gasteiger partial charge in [-0.05, 0) is 150 Å². The number of hydrogen-bond donors (Lipinski definition) is 4. The quantitative estimate of drug-likeness (QED) is 0.229. The third-order valence-electron chi connectivity index (χ3n) is 11.1. The molecule has 0 amide bonds. The van der Waals surface area contributed by atoms with Gasteiger partial charge in [-0.15, -0.1) is 0 Å². The van der Waals surface area contributed by atoms with Gasteiger partial charge < -0.3 is 25.3 Å². The number of piperazine rings is 1. The molecule has 1 unspecified atom stereocenters. The van der Waals surface area contributed by atoms with Crippen LogP contribution in [0, 0.1) is 0 Å². The minimum atomic E-state index is -0.423. The van der Waals surface area contributed by atoms with E-state index in [4.69, 9.17) is 10.2 Å². The van der Waals surface area contributed by atoms with E-state index in [9.17, 15) is 10.2 Å². The molecule has 5 aliphatic rings. The Hall–Kier alpha value is -0.400. The minimum absolute atomic E-state index is 0. The highest BCUT2D eigenvalue weighted by molar-refractivity contribution is 4.97. The van der Waals surface area contributed by atoms with Gasteiger partial charge in [0.05, 0.1) is 24.4 Å². The summed E-state index contributed by atoms with van der Waals surface area (Å²) in [4.78, 5) is 14.3. The normalized spacial score (nSPS) is 23.8. The summed E-state index contributed by atoms with van der Waals surface area (Å²) in [5.74, 6) is 0. The van der Waals surface area contributed by atoms with Crippen molar-refractivity contribution >= 4 is 0 Å². The summed E-state index contributed by atoms with van der Waals surface area (Å²) in [6, 6.07) is 0.412. The zero-order valence-electron chi connectivity index (χ0n) is 37.5. The van der Waals surface area contributed by atoms with Gasteiger partial charge in [0.25, 0.3) is 0 Å². The summed E-state index contributed by atoms with van der Waals surface area (Å²) in [5, 5.41) is 36.7. The molecule has 0 spiro atoms. The van der Waals surface area contributed by atoms with Crippen molar-refractivity contribution in [2.45, 2.75) is 210 Å². The number of likely N-dealkylation sites (tertiary alicyclic amines) is 4. The molecule has 5 saturated heterocycles. The predicted octanol–water partition coefficient (Wildman–Crippen LogP) is 6.74. The first kappa shape index (κ1) is 58.9. The average Bonchev–Trinajstić information content (AvgIpc) is 3.44. The van der Waals surface area contributed by atoms with Gasteiger partial charge in [-0.1, -0.05) is 22.3 Å². The highest BCUT2D eigenvalue weighted by Gasteiger charge is 2.41. The first-order valence-corrected chi connectivity index (χ1v) is 20.5. The van der Waals surface area contributed by atoms with E-state index in [-0.39, 0.29) is 56.6 Å². The molecule has 0 aromatic rings. The Labute approximate surface area is 345 Å². The largest absolute Gasteiger partial charge is 0.395 e. The summed E-state index contributed by atoms with van der Waals surface area (Å²) in [7, 11) is 2.19. The standard InChI is InChI=1S/C9H20N2.2C9H19NO.C8H17NO.C7H15NO.3CH4/c1-9(2,3)11-7-5-10(4)6-8-11;1-9(2,3)10-6-4-8(11)5-7-10;1-9(2,3)10-6-4-5-8(10)7-11;1-7(2,3)9-5-8(4,10)6-9;1-7(2,3)8-4-6(9)5-8;;;/h5-8H2,1-4H3;2*8,11H,4-7H2,1-3H3;10H,5-6H2,1-4H3;6,9H,4-5H2,1-3H3;3*1H4. The second-order valence-corrected chi connectivity index (χ2v) is 21.4. The third-order valence-corrected chi connectivity index (χ3v) is 11.1. The summed E-state index contributed by atoms with van der Waals surface area (Å²) in [6.07, 6.45) is 4.17. The van der Waals surface area contributed by atoms with E-state index in [0.717, 1.165) is 65.1 Å². The third kappa shape index (κ3) is 22.5. The van der Waals surface area contributed by atoms with Crippen LogP contribution in [0.4, 0.5) is 0 Å². The summed E-state index contributed by atoms with van der Waals surface area (Å²) < 4.78 is 0. The highest BCUT2D eigenvalue weighted by Crippen LogP contribution is 2.28. The SMILES string of the molecule is C.C.C.CC(C)(C)N1CC(O)C1.CC(C)(C)N1CCC(O)CC1.CC(C)(C)N1CCCC1CO.CC1(O)CN(C(C)(C)C)C1.CN1CCN(C(C)(C)C)CC1. The lowest BCUT2D eigenvalue weighted by molar-refractivity contribution is -0.119. The van der Waals surface area contributed by atoms with Gasteiger partial charge in [0.2, 0.25) is 0 Å². The van der Waals surface area contributed by atoms with Crippen molar-refractivity contribution in [2.75, 3.05) is 85.6 Å². The fourth-order valence-corrected chi connectivity index (χ4v) is 7.18. The molecule has 5 heterocycles. The predicted molar refractivity (Wildman–Crippen MR) is 241 cm³/mol. The van der Waals surface area contributed by atoms with Crippen LogP contribution in [-0.4, -0.2) is 187 Å². The van der Waals surface area contributed by atoms with Crippen LogP contribution in [0.25, 0.3) is 0 Å². The summed E-state index contributed by atoms with van der Waals surface area (Å²) in [6.45, 7) is 46.8. The lowest BCUT2D eigenvalue weighted by Gasteiger charge is -2.51. The van der Waals surface area contributed by atoms with Gasteiger partial charge in [-0.3, -0.25) is 24.5 Å². The van der Waals surface area contributed by atoms with Crippen LogP contribution in [0.2, 0.25) is 0 Å². The van der Waals surface area contributed by atoms with Gasteiger partial charge in [0.15, 0.2) is 0 Å². The molecule has 55 heavy (non-hydrogen) atoms. The van der Waals surface area contributed by atoms with E-state index >= 15 is 0 Å². The zero-order valence-corrected chi connectivity index (χ0v) is 37.5. The van der Waals surface area contributed by atoms with Crippen molar-refractivity contribution < 1.29 is 20.4 Å². The molecule has 0 radical (unpaired) electrons. The molecule has 5 rings (SSSR count). The van der Waals surface area contributed by atoms with Crippen LogP contribution in [0.5, 0.6) is 0 Å². The van der Waals surface area contributed by atoms with Gasteiger partial charge in [-0.2, -0.15) is 0 Å². The van der Waals surface area contributed by atoms with Crippen LogP contribution >= 0.6 is 0 Å². The van der Waals surface area contributed by atoms with Crippen molar-refractivity contribution in [2.24, 2.45) is 0 Å². The molecular formula is C45H102N6O4. The fourth-order valence-electron chi connectivity index (χ4n) is 7.18.